The van der Waals surface area contributed by atoms with Crippen molar-refractivity contribution in [3.8, 4) is 5.75 Å². The molecule has 3 N–H and O–H groups in total. The second kappa shape index (κ2) is 5.53. The van der Waals surface area contributed by atoms with Gasteiger partial charge in [-0.15, -0.1) is 13.2 Å². The summed E-state index contributed by atoms with van der Waals surface area (Å²) >= 11 is 0. The monoisotopic (exact) mass is 313 g/mol. The Morgan fingerprint density at radius 1 is 1.32 bits per heavy atom. The van der Waals surface area contributed by atoms with Crippen molar-refractivity contribution < 1.29 is 22.7 Å². The number of benzene rings is 1. The molecule has 0 bridgehead atoms. The highest BCUT2D eigenvalue weighted by atomic mass is 19.4. The molecule has 8 heteroatoms. The number of nitrogens with one attached hydrogen (secondary N) is 3. The summed E-state index contributed by atoms with van der Waals surface area (Å²) in [5.41, 5.74) is 0.885. The Labute approximate surface area is 123 Å². The SMILES string of the molecule is O=C(NC1CCNC1)c1cc2cc(OC(F)(F)F)ccc2[nH]1. The number of carbonyl (C=O) groups is 1. The molecule has 1 aromatic heterocycles. The Morgan fingerprint density at radius 2 is 2.14 bits per heavy atom. The lowest BCUT2D eigenvalue weighted by atomic mass is 10.2. The van der Waals surface area contributed by atoms with Crippen LogP contribution >= 0.6 is 0 Å². The lowest BCUT2D eigenvalue weighted by Gasteiger charge is -2.09. The van der Waals surface area contributed by atoms with Crippen LogP contribution in [0.15, 0.2) is 24.3 Å². The Morgan fingerprint density at radius 3 is 2.82 bits per heavy atom. The molecule has 1 fully saturated rings. The summed E-state index contributed by atoms with van der Waals surface area (Å²) < 4.78 is 40.5. The summed E-state index contributed by atoms with van der Waals surface area (Å²) in [7, 11) is 0. The quantitative estimate of drug-likeness (QED) is 0.813. The van der Waals surface area contributed by atoms with Gasteiger partial charge in [0.15, 0.2) is 0 Å². The van der Waals surface area contributed by atoms with Gasteiger partial charge in [-0.05, 0) is 37.2 Å². The van der Waals surface area contributed by atoms with Gasteiger partial charge in [0.05, 0.1) is 0 Å². The summed E-state index contributed by atoms with van der Waals surface area (Å²) in [6.07, 6.45) is -3.88. The van der Waals surface area contributed by atoms with E-state index in [0.29, 0.717) is 16.6 Å². The van der Waals surface area contributed by atoms with Crippen molar-refractivity contribution in [2.75, 3.05) is 13.1 Å². The number of aromatic amines is 1. The Bertz CT molecular complexity index is 690. The number of amides is 1. The van der Waals surface area contributed by atoms with E-state index in [-0.39, 0.29) is 17.7 Å². The molecule has 1 aliphatic rings. The second-order valence-corrected chi connectivity index (χ2v) is 5.14. The Hall–Kier alpha value is -2.22. The van der Waals surface area contributed by atoms with Gasteiger partial charge in [0.2, 0.25) is 0 Å². The van der Waals surface area contributed by atoms with Crippen molar-refractivity contribution in [1.82, 2.24) is 15.6 Å². The molecule has 0 aliphatic carbocycles. The molecular formula is C14H14F3N3O2. The van der Waals surface area contributed by atoms with Crippen LogP contribution in [0.1, 0.15) is 16.9 Å². The average molecular weight is 313 g/mol. The van der Waals surface area contributed by atoms with Gasteiger partial charge in [0.1, 0.15) is 11.4 Å². The van der Waals surface area contributed by atoms with E-state index in [4.69, 9.17) is 0 Å². The lowest BCUT2D eigenvalue weighted by Crippen LogP contribution is -2.36. The fourth-order valence-corrected chi connectivity index (χ4v) is 2.47. The van der Waals surface area contributed by atoms with E-state index in [1.807, 2.05) is 0 Å². The Balaban J connectivity index is 1.78. The largest absolute Gasteiger partial charge is 0.573 e. The first kappa shape index (κ1) is 14.7. The van der Waals surface area contributed by atoms with Crippen molar-refractivity contribution in [1.29, 1.82) is 0 Å². The Kier molecular flexibility index (Phi) is 3.69. The van der Waals surface area contributed by atoms with Crippen molar-refractivity contribution >= 4 is 16.8 Å². The normalized spacial score (nSPS) is 18.6. The van der Waals surface area contributed by atoms with Crippen LogP contribution in [-0.2, 0) is 0 Å². The molecule has 0 spiro atoms. The first-order valence-electron chi connectivity index (χ1n) is 6.81. The predicted molar refractivity (Wildman–Crippen MR) is 73.7 cm³/mol. The van der Waals surface area contributed by atoms with Gasteiger partial charge in [-0.2, -0.15) is 0 Å². The molecule has 118 valence electrons. The van der Waals surface area contributed by atoms with E-state index in [1.165, 1.54) is 24.3 Å². The fraction of sp³-hybridized carbons (Fsp3) is 0.357. The molecule has 1 aliphatic heterocycles. The molecule has 1 atom stereocenters. The molecule has 0 radical (unpaired) electrons. The number of aromatic nitrogens is 1. The predicted octanol–water partition coefficient (Wildman–Crippen LogP) is 2.16. The fourth-order valence-electron chi connectivity index (χ4n) is 2.47. The van der Waals surface area contributed by atoms with Gasteiger partial charge in [0, 0.05) is 23.5 Å². The van der Waals surface area contributed by atoms with Crippen molar-refractivity contribution in [2.45, 2.75) is 18.8 Å². The van der Waals surface area contributed by atoms with Crippen LogP contribution in [0.3, 0.4) is 0 Å². The third-order valence-electron chi connectivity index (χ3n) is 3.47. The third kappa shape index (κ3) is 3.33. The van der Waals surface area contributed by atoms with Gasteiger partial charge < -0.3 is 20.4 Å². The maximum atomic E-state index is 12.2. The van der Waals surface area contributed by atoms with E-state index >= 15 is 0 Å². The van der Waals surface area contributed by atoms with Gasteiger partial charge in [-0.1, -0.05) is 0 Å². The number of H-pyrrole nitrogens is 1. The smallest absolute Gasteiger partial charge is 0.406 e. The molecule has 5 nitrogen and oxygen atoms in total. The van der Waals surface area contributed by atoms with Gasteiger partial charge in [-0.3, -0.25) is 4.79 Å². The van der Waals surface area contributed by atoms with Crippen molar-refractivity contribution in [2.24, 2.45) is 0 Å². The summed E-state index contributed by atoms with van der Waals surface area (Å²) in [5, 5.41) is 6.48. The first-order valence-corrected chi connectivity index (χ1v) is 6.81. The van der Waals surface area contributed by atoms with Crippen LogP contribution in [0.4, 0.5) is 13.2 Å². The highest BCUT2D eigenvalue weighted by Crippen LogP contribution is 2.26. The van der Waals surface area contributed by atoms with E-state index < -0.39 is 6.36 Å². The number of rotatable bonds is 3. The molecular weight excluding hydrogens is 299 g/mol. The summed E-state index contributed by atoms with van der Waals surface area (Å²) in [6, 6.07) is 5.48. The van der Waals surface area contributed by atoms with Crippen LogP contribution in [0.25, 0.3) is 10.9 Å². The zero-order valence-electron chi connectivity index (χ0n) is 11.5. The number of carbonyl (C=O) groups excluding carboxylic acids is 1. The van der Waals surface area contributed by atoms with E-state index in [0.717, 1.165) is 19.5 Å². The minimum Gasteiger partial charge on any atom is -0.406 e. The maximum absolute atomic E-state index is 12.2. The first-order chi connectivity index (χ1) is 10.4. The van der Waals surface area contributed by atoms with Crippen molar-refractivity contribution in [3.05, 3.63) is 30.0 Å². The highest BCUT2D eigenvalue weighted by molar-refractivity contribution is 5.98. The van der Waals surface area contributed by atoms with E-state index in [9.17, 15) is 18.0 Å². The molecule has 1 aromatic carbocycles. The maximum Gasteiger partial charge on any atom is 0.573 e. The van der Waals surface area contributed by atoms with E-state index in [1.54, 1.807) is 0 Å². The third-order valence-corrected chi connectivity index (χ3v) is 3.47. The number of ether oxygens (including phenoxy) is 1. The molecule has 22 heavy (non-hydrogen) atoms. The minimum absolute atomic E-state index is 0.0723. The van der Waals surface area contributed by atoms with Crippen LogP contribution in [0.5, 0.6) is 5.75 Å². The highest BCUT2D eigenvalue weighted by Gasteiger charge is 2.31. The molecule has 1 saturated heterocycles. The van der Waals surface area contributed by atoms with Crippen LogP contribution < -0.4 is 15.4 Å². The number of halogens is 3. The minimum atomic E-state index is -4.74. The number of hydrogen-bond donors (Lipinski definition) is 3. The summed E-state index contributed by atoms with van der Waals surface area (Å²) in [4.78, 5) is 15.0. The van der Waals surface area contributed by atoms with Gasteiger partial charge >= 0.3 is 6.36 Å². The molecule has 0 saturated carbocycles. The zero-order valence-corrected chi connectivity index (χ0v) is 11.5. The van der Waals surface area contributed by atoms with Crippen LogP contribution in [-0.4, -0.2) is 36.4 Å². The molecule has 1 unspecified atom stereocenters. The van der Waals surface area contributed by atoms with Crippen LogP contribution in [0, 0.1) is 0 Å². The van der Waals surface area contributed by atoms with E-state index in [2.05, 4.69) is 20.4 Å². The standard InChI is InChI=1S/C14H14F3N3O2/c15-14(16,17)22-10-1-2-11-8(5-10)6-12(20-11)13(21)19-9-3-4-18-7-9/h1-2,5-6,9,18,20H,3-4,7H2,(H,19,21). The van der Waals surface area contributed by atoms with Gasteiger partial charge in [-0.25, -0.2) is 0 Å². The second-order valence-electron chi connectivity index (χ2n) is 5.14. The number of alkyl halides is 3. The number of hydrogen-bond acceptors (Lipinski definition) is 3. The average Bonchev–Trinajstić information content (AvgIpc) is 3.04. The molecule has 3 rings (SSSR count). The zero-order chi connectivity index (χ0) is 15.7. The number of fused-ring (bicyclic) bond motifs is 1. The summed E-state index contributed by atoms with van der Waals surface area (Å²) in [5.74, 6) is -0.589. The van der Waals surface area contributed by atoms with Crippen molar-refractivity contribution in [3.63, 3.8) is 0 Å². The lowest BCUT2D eigenvalue weighted by molar-refractivity contribution is -0.274. The molecule has 2 aromatic rings. The summed E-state index contributed by atoms with van der Waals surface area (Å²) in [6.45, 7) is 1.57. The van der Waals surface area contributed by atoms with Gasteiger partial charge in [0.25, 0.3) is 5.91 Å². The molecule has 2 heterocycles. The molecule has 1 amide bonds. The topological polar surface area (TPSA) is 66.2 Å². The van der Waals surface area contributed by atoms with Crippen LogP contribution in [0.2, 0.25) is 0 Å².